The summed E-state index contributed by atoms with van der Waals surface area (Å²) in [6.07, 6.45) is 1.81. The summed E-state index contributed by atoms with van der Waals surface area (Å²) in [5.41, 5.74) is 2.90. The number of amides is 2. The molecule has 2 aromatic heterocycles. The molecule has 0 saturated heterocycles. The van der Waals surface area contributed by atoms with Gasteiger partial charge in [-0.15, -0.1) is 11.3 Å². The zero-order chi connectivity index (χ0) is 23.4. The van der Waals surface area contributed by atoms with Crippen LogP contribution in [0.5, 0.6) is 5.75 Å². The van der Waals surface area contributed by atoms with Crippen molar-refractivity contribution in [2.75, 3.05) is 25.0 Å². The minimum atomic E-state index is -0.643. The zero-order valence-corrected chi connectivity index (χ0v) is 19.2. The lowest BCUT2D eigenvalue weighted by Gasteiger charge is -2.34. The molecule has 3 aromatic rings. The number of likely N-dealkylation sites (N-methyl/N-ethyl adjacent to an activating group) is 1. The van der Waals surface area contributed by atoms with Gasteiger partial charge in [-0.1, -0.05) is 13.0 Å². The van der Waals surface area contributed by atoms with Crippen molar-refractivity contribution in [1.82, 2.24) is 14.9 Å². The molecule has 0 fully saturated rings. The van der Waals surface area contributed by atoms with E-state index in [-0.39, 0.29) is 24.8 Å². The fourth-order valence-electron chi connectivity index (χ4n) is 3.52. The number of anilines is 1. The monoisotopic (exact) mass is 461 g/mol. The Hall–Kier alpha value is -3.77. The average Bonchev–Trinajstić information content (AvgIpc) is 3.34. The van der Waals surface area contributed by atoms with Crippen LogP contribution in [0.25, 0.3) is 22.0 Å². The normalized spacial score (nSPS) is 14.9. The van der Waals surface area contributed by atoms with E-state index in [2.05, 4.69) is 4.98 Å². The predicted molar refractivity (Wildman–Crippen MR) is 126 cm³/mol. The summed E-state index contributed by atoms with van der Waals surface area (Å²) < 4.78 is 5.91. The maximum absolute atomic E-state index is 13.1. The number of carbonyl (C=O) groups excluding carboxylic acids is 2. The standard InChI is InChI=1S/C24H23N5O3S/c1-3-20-24(31)29(14-22(30)28(2)12-6-10-25)19-13-16(8-9-21(19)32-20)18-15-33-23(27-18)17-7-4-5-11-26-17/h4-5,7-9,11,13,15,20H,3,6,12,14H2,1-2H3. The van der Waals surface area contributed by atoms with Crippen molar-refractivity contribution in [1.29, 1.82) is 5.26 Å². The van der Waals surface area contributed by atoms with E-state index in [1.165, 1.54) is 21.1 Å². The number of thiazole rings is 1. The first-order valence-corrected chi connectivity index (χ1v) is 11.5. The van der Waals surface area contributed by atoms with Crippen molar-refractivity contribution >= 4 is 28.8 Å². The second-order valence-corrected chi connectivity index (χ2v) is 8.46. The summed E-state index contributed by atoms with van der Waals surface area (Å²) in [5, 5.41) is 11.5. The molecule has 2 amide bonds. The molecule has 3 heterocycles. The van der Waals surface area contributed by atoms with Gasteiger partial charge in [-0.05, 0) is 36.8 Å². The number of nitrogens with zero attached hydrogens (tertiary/aromatic N) is 5. The molecule has 33 heavy (non-hydrogen) atoms. The highest BCUT2D eigenvalue weighted by Crippen LogP contribution is 2.39. The highest BCUT2D eigenvalue weighted by Gasteiger charge is 2.35. The summed E-state index contributed by atoms with van der Waals surface area (Å²) in [6, 6.07) is 13.3. The number of pyridine rings is 1. The lowest BCUT2D eigenvalue weighted by Crippen LogP contribution is -2.50. The quantitative estimate of drug-likeness (QED) is 0.531. The van der Waals surface area contributed by atoms with Crippen molar-refractivity contribution in [2.24, 2.45) is 0 Å². The van der Waals surface area contributed by atoms with Gasteiger partial charge in [0.15, 0.2) is 6.10 Å². The number of carbonyl (C=O) groups is 2. The van der Waals surface area contributed by atoms with Crippen LogP contribution in [0.2, 0.25) is 0 Å². The first-order chi connectivity index (χ1) is 16.0. The van der Waals surface area contributed by atoms with Gasteiger partial charge in [-0.25, -0.2) is 4.98 Å². The van der Waals surface area contributed by atoms with Crippen molar-refractivity contribution in [3.63, 3.8) is 0 Å². The van der Waals surface area contributed by atoms with Crippen LogP contribution in [0.1, 0.15) is 19.8 Å². The van der Waals surface area contributed by atoms with E-state index in [0.717, 1.165) is 22.0 Å². The van der Waals surface area contributed by atoms with Crippen LogP contribution >= 0.6 is 11.3 Å². The van der Waals surface area contributed by atoms with E-state index < -0.39 is 6.10 Å². The Balaban J connectivity index is 1.65. The number of rotatable bonds is 7. The molecule has 1 aliphatic rings. The molecule has 0 saturated carbocycles. The number of aromatic nitrogens is 2. The minimum absolute atomic E-state index is 0.118. The molecule has 1 atom stereocenters. The first-order valence-electron chi connectivity index (χ1n) is 10.6. The lowest BCUT2D eigenvalue weighted by atomic mass is 10.1. The molecule has 1 aromatic carbocycles. The van der Waals surface area contributed by atoms with E-state index in [1.54, 1.807) is 13.2 Å². The van der Waals surface area contributed by atoms with Crippen LogP contribution in [0.4, 0.5) is 5.69 Å². The smallest absolute Gasteiger partial charge is 0.268 e. The third-order valence-electron chi connectivity index (χ3n) is 5.39. The molecule has 0 N–H and O–H groups in total. The van der Waals surface area contributed by atoms with Gasteiger partial charge in [0, 0.05) is 30.7 Å². The molecule has 1 aliphatic heterocycles. The number of nitriles is 1. The summed E-state index contributed by atoms with van der Waals surface area (Å²) in [4.78, 5) is 37.8. The molecular weight excluding hydrogens is 438 g/mol. The van der Waals surface area contributed by atoms with Crippen molar-refractivity contribution in [2.45, 2.75) is 25.9 Å². The number of ether oxygens (including phenoxy) is 1. The maximum Gasteiger partial charge on any atom is 0.268 e. The van der Waals surface area contributed by atoms with Crippen molar-refractivity contribution in [3.05, 3.63) is 48.0 Å². The molecule has 168 valence electrons. The van der Waals surface area contributed by atoms with E-state index >= 15 is 0 Å². The third kappa shape index (κ3) is 4.71. The van der Waals surface area contributed by atoms with E-state index in [9.17, 15) is 9.59 Å². The van der Waals surface area contributed by atoms with Crippen LogP contribution in [0.3, 0.4) is 0 Å². The molecule has 0 spiro atoms. The molecular formula is C24H23N5O3S. The lowest BCUT2D eigenvalue weighted by molar-refractivity contribution is -0.132. The first kappa shape index (κ1) is 22.4. The van der Waals surface area contributed by atoms with Gasteiger partial charge in [0.05, 0.1) is 29.6 Å². The minimum Gasteiger partial charge on any atom is -0.478 e. The number of hydrogen-bond donors (Lipinski definition) is 0. The molecule has 0 bridgehead atoms. The average molecular weight is 462 g/mol. The number of hydrogen-bond acceptors (Lipinski definition) is 7. The van der Waals surface area contributed by atoms with Crippen molar-refractivity contribution in [3.8, 4) is 33.8 Å². The third-order valence-corrected chi connectivity index (χ3v) is 6.26. The second-order valence-electron chi connectivity index (χ2n) is 7.60. The Morgan fingerprint density at radius 3 is 2.88 bits per heavy atom. The van der Waals surface area contributed by atoms with Crippen molar-refractivity contribution < 1.29 is 14.3 Å². The van der Waals surface area contributed by atoms with Gasteiger partial charge in [-0.2, -0.15) is 5.26 Å². The highest BCUT2D eigenvalue weighted by molar-refractivity contribution is 7.13. The van der Waals surface area contributed by atoms with E-state index in [0.29, 0.717) is 24.4 Å². The fraction of sp³-hybridized carbons (Fsp3) is 0.292. The number of benzene rings is 1. The molecule has 9 heteroatoms. The summed E-state index contributed by atoms with van der Waals surface area (Å²) in [6.45, 7) is 2.07. The topological polar surface area (TPSA) is 99.4 Å². The number of fused-ring (bicyclic) bond motifs is 1. The Morgan fingerprint density at radius 2 is 2.15 bits per heavy atom. The van der Waals surface area contributed by atoms with Gasteiger partial charge in [-0.3, -0.25) is 19.5 Å². The van der Waals surface area contributed by atoms with Gasteiger partial charge >= 0.3 is 0 Å². The molecule has 8 nitrogen and oxygen atoms in total. The largest absolute Gasteiger partial charge is 0.478 e. The van der Waals surface area contributed by atoms with Gasteiger partial charge in [0.25, 0.3) is 5.91 Å². The van der Waals surface area contributed by atoms with Gasteiger partial charge in [0.1, 0.15) is 17.3 Å². The second kappa shape index (κ2) is 9.79. The van der Waals surface area contributed by atoms with E-state index in [4.69, 9.17) is 15.0 Å². The van der Waals surface area contributed by atoms with Crippen LogP contribution in [-0.2, 0) is 9.59 Å². The SMILES string of the molecule is CCC1Oc2ccc(-c3csc(-c4ccccn4)n3)cc2N(CC(=O)N(C)CCC#N)C1=O. The predicted octanol–water partition coefficient (Wildman–Crippen LogP) is 3.75. The van der Waals surface area contributed by atoms with Crippen LogP contribution in [0, 0.1) is 11.3 Å². The fourth-order valence-corrected chi connectivity index (χ4v) is 4.32. The highest BCUT2D eigenvalue weighted by atomic mass is 32.1. The van der Waals surface area contributed by atoms with Gasteiger partial charge in [0.2, 0.25) is 5.91 Å². The van der Waals surface area contributed by atoms with Gasteiger partial charge < -0.3 is 9.64 Å². The molecule has 4 rings (SSSR count). The van der Waals surface area contributed by atoms with Crippen LogP contribution < -0.4 is 9.64 Å². The van der Waals surface area contributed by atoms with Crippen LogP contribution in [0.15, 0.2) is 48.0 Å². The van der Waals surface area contributed by atoms with Crippen LogP contribution in [-0.4, -0.2) is 52.9 Å². The van der Waals surface area contributed by atoms with E-state index in [1.807, 2.05) is 54.8 Å². The Labute approximate surface area is 196 Å². The summed E-state index contributed by atoms with van der Waals surface area (Å²) in [5.74, 6) is 0.0623. The molecule has 1 unspecified atom stereocenters. The Kier molecular flexibility index (Phi) is 6.66. The Morgan fingerprint density at radius 1 is 1.30 bits per heavy atom. The summed E-state index contributed by atoms with van der Waals surface area (Å²) in [7, 11) is 1.63. The Bertz CT molecular complexity index is 1200. The maximum atomic E-state index is 13.1. The molecule has 0 aliphatic carbocycles. The molecule has 0 radical (unpaired) electrons. The summed E-state index contributed by atoms with van der Waals surface area (Å²) >= 11 is 1.49. The zero-order valence-electron chi connectivity index (χ0n) is 18.4.